The summed E-state index contributed by atoms with van der Waals surface area (Å²) in [5.74, 6) is -0.737. The monoisotopic (exact) mass is 402 g/mol. The molecule has 132 valence electrons. The summed E-state index contributed by atoms with van der Waals surface area (Å²) in [5.41, 5.74) is 3.35. The third-order valence-corrected chi connectivity index (χ3v) is 5.56. The van der Waals surface area contributed by atoms with Gasteiger partial charge in [-0.3, -0.25) is 9.69 Å². The molecule has 0 bridgehead atoms. The standard InChI is InChI=1S/C20H23BrN2O2/c1-22(2)15-11-9-14(10-12-15)19(16-6-3-4-7-17(16)21)23-13-5-8-18(23)20(24)25/h3-4,6-7,9-12,18-19H,5,8,13H2,1-2H3,(H,24,25). The highest BCUT2D eigenvalue weighted by atomic mass is 79.9. The summed E-state index contributed by atoms with van der Waals surface area (Å²) in [4.78, 5) is 15.9. The Kier molecular flexibility index (Phi) is 5.45. The second-order valence-electron chi connectivity index (χ2n) is 6.64. The predicted octanol–water partition coefficient (Wildman–Crippen LogP) is 4.15. The van der Waals surface area contributed by atoms with Gasteiger partial charge in [0.2, 0.25) is 0 Å². The summed E-state index contributed by atoms with van der Waals surface area (Å²) in [5, 5.41) is 9.65. The third-order valence-electron chi connectivity index (χ3n) is 4.84. The van der Waals surface area contributed by atoms with E-state index in [0.717, 1.165) is 34.3 Å². The van der Waals surface area contributed by atoms with Crippen LogP contribution in [0.1, 0.15) is 30.0 Å². The topological polar surface area (TPSA) is 43.8 Å². The maximum absolute atomic E-state index is 11.7. The molecule has 4 nitrogen and oxygen atoms in total. The Hall–Kier alpha value is -1.85. The Balaban J connectivity index is 2.06. The molecule has 1 N–H and O–H groups in total. The highest BCUT2D eigenvalue weighted by Gasteiger charge is 2.37. The summed E-state index contributed by atoms with van der Waals surface area (Å²) >= 11 is 3.65. The Bertz CT molecular complexity index is 746. The number of hydrogen-bond donors (Lipinski definition) is 1. The maximum atomic E-state index is 11.7. The molecular weight excluding hydrogens is 380 g/mol. The number of halogens is 1. The van der Waals surface area contributed by atoms with Crippen LogP contribution in [0.5, 0.6) is 0 Å². The number of aliphatic carboxylic acids is 1. The number of benzene rings is 2. The van der Waals surface area contributed by atoms with E-state index in [4.69, 9.17) is 0 Å². The fourth-order valence-corrected chi connectivity index (χ4v) is 4.07. The first-order valence-electron chi connectivity index (χ1n) is 8.49. The van der Waals surface area contributed by atoms with Crippen LogP contribution >= 0.6 is 15.9 Å². The molecule has 1 heterocycles. The van der Waals surface area contributed by atoms with Crippen molar-refractivity contribution in [3.8, 4) is 0 Å². The second kappa shape index (κ2) is 7.58. The van der Waals surface area contributed by atoms with Gasteiger partial charge < -0.3 is 10.0 Å². The summed E-state index contributed by atoms with van der Waals surface area (Å²) < 4.78 is 1.01. The minimum absolute atomic E-state index is 0.0737. The Labute approximate surface area is 157 Å². The molecule has 3 rings (SSSR count). The van der Waals surface area contributed by atoms with Crippen LogP contribution in [-0.2, 0) is 4.79 Å². The van der Waals surface area contributed by atoms with Gasteiger partial charge in [-0.25, -0.2) is 0 Å². The summed E-state index contributed by atoms with van der Waals surface area (Å²) in [6, 6.07) is 16.0. The van der Waals surface area contributed by atoms with Crippen LogP contribution in [-0.4, -0.2) is 42.7 Å². The Morgan fingerprint density at radius 2 is 1.88 bits per heavy atom. The molecule has 0 amide bonds. The van der Waals surface area contributed by atoms with Crippen molar-refractivity contribution >= 4 is 27.6 Å². The lowest BCUT2D eigenvalue weighted by Crippen LogP contribution is -2.39. The molecule has 0 aromatic heterocycles. The van der Waals surface area contributed by atoms with E-state index in [9.17, 15) is 9.90 Å². The van der Waals surface area contributed by atoms with Crippen molar-refractivity contribution in [1.29, 1.82) is 0 Å². The molecule has 2 aromatic carbocycles. The Morgan fingerprint density at radius 3 is 2.48 bits per heavy atom. The first kappa shape index (κ1) is 18.0. The summed E-state index contributed by atoms with van der Waals surface area (Å²) in [7, 11) is 4.03. The maximum Gasteiger partial charge on any atom is 0.320 e. The molecule has 2 aromatic rings. The molecule has 0 aliphatic carbocycles. The normalized spacial score (nSPS) is 18.9. The third kappa shape index (κ3) is 3.72. The minimum Gasteiger partial charge on any atom is -0.480 e. The highest BCUT2D eigenvalue weighted by molar-refractivity contribution is 9.10. The number of carboxylic acid groups (broad SMARTS) is 1. The second-order valence-corrected chi connectivity index (χ2v) is 7.50. The number of carbonyl (C=O) groups is 1. The molecule has 1 aliphatic rings. The van der Waals surface area contributed by atoms with Crippen molar-refractivity contribution < 1.29 is 9.90 Å². The van der Waals surface area contributed by atoms with Gasteiger partial charge in [-0.15, -0.1) is 0 Å². The molecule has 1 aliphatic heterocycles. The van der Waals surface area contributed by atoms with Crippen molar-refractivity contribution in [2.45, 2.75) is 24.9 Å². The first-order chi connectivity index (χ1) is 12.0. The minimum atomic E-state index is -0.737. The van der Waals surface area contributed by atoms with Crippen LogP contribution in [0, 0.1) is 0 Å². The SMILES string of the molecule is CN(C)c1ccc(C(c2ccccc2Br)N2CCCC2C(=O)O)cc1. The van der Waals surface area contributed by atoms with Crippen LogP contribution in [0.15, 0.2) is 53.0 Å². The van der Waals surface area contributed by atoms with Crippen LogP contribution in [0.3, 0.4) is 0 Å². The summed E-state index contributed by atoms with van der Waals surface area (Å²) in [6.07, 6.45) is 1.61. The van der Waals surface area contributed by atoms with Gasteiger partial charge in [0.25, 0.3) is 0 Å². The largest absolute Gasteiger partial charge is 0.480 e. The van der Waals surface area contributed by atoms with Gasteiger partial charge in [-0.2, -0.15) is 0 Å². The van der Waals surface area contributed by atoms with Crippen molar-refractivity contribution in [2.24, 2.45) is 0 Å². The van der Waals surface area contributed by atoms with E-state index in [1.54, 1.807) is 0 Å². The van der Waals surface area contributed by atoms with Crippen LogP contribution < -0.4 is 4.90 Å². The average molecular weight is 403 g/mol. The van der Waals surface area contributed by atoms with Crippen molar-refractivity contribution in [3.63, 3.8) is 0 Å². The zero-order valence-corrected chi connectivity index (χ0v) is 16.1. The number of nitrogens with zero attached hydrogens (tertiary/aromatic N) is 2. The molecule has 25 heavy (non-hydrogen) atoms. The van der Waals surface area contributed by atoms with E-state index < -0.39 is 12.0 Å². The molecule has 1 saturated heterocycles. The average Bonchev–Trinajstić information content (AvgIpc) is 3.07. The van der Waals surface area contributed by atoms with Crippen molar-refractivity contribution in [2.75, 3.05) is 25.5 Å². The van der Waals surface area contributed by atoms with Crippen LogP contribution in [0.4, 0.5) is 5.69 Å². The van der Waals surface area contributed by atoms with E-state index in [2.05, 4.69) is 56.1 Å². The van der Waals surface area contributed by atoms with Crippen LogP contribution in [0.25, 0.3) is 0 Å². The smallest absolute Gasteiger partial charge is 0.320 e. The van der Waals surface area contributed by atoms with E-state index in [1.807, 2.05) is 32.3 Å². The van der Waals surface area contributed by atoms with E-state index >= 15 is 0 Å². The summed E-state index contributed by atoms with van der Waals surface area (Å²) in [6.45, 7) is 0.790. The van der Waals surface area contributed by atoms with Crippen molar-refractivity contribution in [3.05, 3.63) is 64.1 Å². The number of rotatable bonds is 5. The van der Waals surface area contributed by atoms with Gasteiger partial charge in [0.15, 0.2) is 0 Å². The first-order valence-corrected chi connectivity index (χ1v) is 9.28. The van der Waals surface area contributed by atoms with Gasteiger partial charge >= 0.3 is 5.97 Å². The van der Waals surface area contributed by atoms with Gasteiger partial charge in [0.05, 0.1) is 6.04 Å². The zero-order valence-electron chi connectivity index (χ0n) is 14.5. The highest BCUT2D eigenvalue weighted by Crippen LogP contribution is 2.38. The molecule has 0 saturated carbocycles. The molecule has 0 spiro atoms. The zero-order chi connectivity index (χ0) is 18.0. The fourth-order valence-electron chi connectivity index (χ4n) is 3.56. The molecule has 2 unspecified atom stereocenters. The van der Waals surface area contributed by atoms with Gasteiger partial charge in [0, 0.05) is 30.8 Å². The van der Waals surface area contributed by atoms with E-state index in [0.29, 0.717) is 6.42 Å². The number of likely N-dealkylation sites (tertiary alicyclic amines) is 1. The lowest BCUT2D eigenvalue weighted by molar-refractivity contribution is -0.142. The lowest BCUT2D eigenvalue weighted by atomic mass is 9.96. The van der Waals surface area contributed by atoms with Gasteiger partial charge in [0.1, 0.15) is 6.04 Å². The van der Waals surface area contributed by atoms with Gasteiger partial charge in [-0.05, 0) is 42.2 Å². The van der Waals surface area contributed by atoms with Crippen molar-refractivity contribution in [1.82, 2.24) is 4.90 Å². The molecule has 0 radical (unpaired) electrons. The predicted molar refractivity (Wildman–Crippen MR) is 104 cm³/mol. The van der Waals surface area contributed by atoms with E-state index in [-0.39, 0.29) is 6.04 Å². The molecule has 1 fully saturated rings. The Morgan fingerprint density at radius 1 is 1.20 bits per heavy atom. The lowest BCUT2D eigenvalue weighted by Gasteiger charge is -2.33. The van der Waals surface area contributed by atoms with Gasteiger partial charge in [-0.1, -0.05) is 46.3 Å². The molecule has 2 atom stereocenters. The fraction of sp³-hybridized carbons (Fsp3) is 0.350. The van der Waals surface area contributed by atoms with Crippen LogP contribution in [0.2, 0.25) is 0 Å². The quantitative estimate of drug-likeness (QED) is 0.815. The molecule has 5 heteroatoms. The molecular formula is C20H23BrN2O2. The number of carboxylic acids is 1. The number of hydrogen-bond acceptors (Lipinski definition) is 3. The van der Waals surface area contributed by atoms with E-state index in [1.165, 1.54) is 0 Å². The number of anilines is 1.